The second kappa shape index (κ2) is 6.21. The highest BCUT2D eigenvalue weighted by molar-refractivity contribution is 5.38. The van der Waals surface area contributed by atoms with E-state index >= 15 is 0 Å². The quantitative estimate of drug-likeness (QED) is 0.844. The van der Waals surface area contributed by atoms with Crippen LogP contribution in [0.3, 0.4) is 0 Å². The molecule has 0 aliphatic heterocycles. The molecular weight excluding hydrogens is 228 g/mol. The van der Waals surface area contributed by atoms with E-state index in [1.54, 1.807) is 14.0 Å². The van der Waals surface area contributed by atoms with E-state index in [1.807, 2.05) is 39.0 Å². The van der Waals surface area contributed by atoms with Crippen molar-refractivity contribution in [2.75, 3.05) is 13.7 Å². The van der Waals surface area contributed by atoms with Crippen molar-refractivity contribution in [3.05, 3.63) is 29.3 Å². The summed E-state index contributed by atoms with van der Waals surface area (Å²) in [5, 5.41) is 9.73. The summed E-state index contributed by atoms with van der Waals surface area (Å²) in [6.45, 7) is 8.39. The first-order chi connectivity index (χ1) is 8.35. The van der Waals surface area contributed by atoms with E-state index in [0.29, 0.717) is 6.61 Å². The second-order valence-electron chi connectivity index (χ2n) is 5.28. The SMILES string of the molecule is COC(C)(C)CCOc1ccc(C)cc1C(C)O. The molecule has 3 nitrogen and oxygen atoms in total. The molecule has 0 heterocycles. The minimum absolute atomic E-state index is 0.185. The van der Waals surface area contributed by atoms with Gasteiger partial charge in [-0.05, 0) is 39.8 Å². The van der Waals surface area contributed by atoms with Crippen molar-refractivity contribution in [1.82, 2.24) is 0 Å². The highest BCUT2D eigenvalue weighted by Gasteiger charge is 2.17. The largest absolute Gasteiger partial charge is 0.493 e. The average Bonchev–Trinajstić information content (AvgIpc) is 2.30. The number of hydrogen-bond donors (Lipinski definition) is 1. The van der Waals surface area contributed by atoms with Gasteiger partial charge < -0.3 is 14.6 Å². The van der Waals surface area contributed by atoms with E-state index in [-0.39, 0.29) is 5.60 Å². The Morgan fingerprint density at radius 3 is 2.56 bits per heavy atom. The molecule has 0 fully saturated rings. The van der Waals surface area contributed by atoms with E-state index in [1.165, 1.54) is 0 Å². The molecule has 0 aliphatic carbocycles. The number of hydrogen-bond acceptors (Lipinski definition) is 3. The lowest BCUT2D eigenvalue weighted by Crippen LogP contribution is -2.25. The van der Waals surface area contributed by atoms with Crippen molar-refractivity contribution in [2.45, 2.75) is 45.8 Å². The maximum atomic E-state index is 9.73. The molecule has 0 saturated carbocycles. The zero-order valence-electron chi connectivity index (χ0n) is 12.0. The van der Waals surface area contributed by atoms with Gasteiger partial charge in [0.05, 0.1) is 18.3 Å². The van der Waals surface area contributed by atoms with E-state index in [0.717, 1.165) is 23.3 Å². The molecular formula is C15H24O3. The van der Waals surface area contributed by atoms with Crippen LogP contribution in [0.5, 0.6) is 5.75 Å². The number of methoxy groups -OCH3 is 1. The Kier molecular flexibility index (Phi) is 5.17. The van der Waals surface area contributed by atoms with Crippen LogP contribution in [0.15, 0.2) is 18.2 Å². The normalized spacial score (nSPS) is 13.4. The predicted octanol–water partition coefficient (Wildman–Crippen LogP) is 3.24. The summed E-state index contributed by atoms with van der Waals surface area (Å²) >= 11 is 0. The average molecular weight is 252 g/mol. The Bertz CT molecular complexity index is 383. The molecule has 3 heteroatoms. The fraction of sp³-hybridized carbons (Fsp3) is 0.600. The summed E-state index contributed by atoms with van der Waals surface area (Å²) in [5.74, 6) is 0.752. The highest BCUT2D eigenvalue weighted by atomic mass is 16.5. The summed E-state index contributed by atoms with van der Waals surface area (Å²) in [4.78, 5) is 0. The van der Waals surface area contributed by atoms with Gasteiger partial charge in [-0.15, -0.1) is 0 Å². The molecule has 1 aromatic rings. The Labute approximate surface area is 110 Å². The fourth-order valence-corrected chi connectivity index (χ4v) is 1.63. The monoisotopic (exact) mass is 252 g/mol. The first kappa shape index (κ1) is 15.0. The van der Waals surface area contributed by atoms with Crippen LogP contribution in [0.1, 0.15) is 44.4 Å². The number of aryl methyl sites for hydroxylation is 1. The fourth-order valence-electron chi connectivity index (χ4n) is 1.63. The molecule has 0 saturated heterocycles. The third kappa shape index (κ3) is 4.31. The Balaban J connectivity index is 2.67. The molecule has 0 amide bonds. The number of aliphatic hydroxyl groups excluding tert-OH is 1. The van der Waals surface area contributed by atoms with Gasteiger partial charge in [-0.3, -0.25) is 0 Å². The van der Waals surface area contributed by atoms with Crippen LogP contribution in [0.2, 0.25) is 0 Å². The Morgan fingerprint density at radius 1 is 1.33 bits per heavy atom. The lowest BCUT2D eigenvalue weighted by atomic mass is 10.1. The number of ether oxygens (including phenoxy) is 2. The van der Waals surface area contributed by atoms with Crippen LogP contribution in [0, 0.1) is 6.92 Å². The second-order valence-corrected chi connectivity index (χ2v) is 5.28. The molecule has 0 bridgehead atoms. The van der Waals surface area contributed by atoms with E-state index in [2.05, 4.69) is 0 Å². The van der Waals surface area contributed by atoms with Gasteiger partial charge in [0.1, 0.15) is 5.75 Å². The van der Waals surface area contributed by atoms with Crippen molar-refractivity contribution in [3.63, 3.8) is 0 Å². The summed E-state index contributed by atoms with van der Waals surface area (Å²) in [7, 11) is 1.70. The van der Waals surface area contributed by atoms with Gasteiger partial charge in [-0.25, -0.2) is 0 Å². The minimum atomic E-state index is -0.518. The van der Waals surface area contributed by atoms with Gasteiger partial charge in [0, 0.05) is 19.1 Å². The zero-order valence-corrected chi connectivity index (χ0v) is 12.0. The molecule has 0 radical (unpaired) electrons. The molecule has 102 valence electrons. The Hall–Kier alpha value is -1.06. The molecule has 0 aromatic heterocycles. The molecule has 0 aliphatic rings. The van der Waals surface area contributed by atoms with Crippen LogP contribution >= 0.6 is 0 Å². The topological polar surface area (TPSA) is 38.7 Å². The highest BCUT2D eigenvalue weighted by Crippen LogP contribution is 2.26. The van der Waals surface area contributed by atoms with Gasteiger partial charge >= 0.3 is 0 Å². The Morgan fingerprint density at radius 2 is 2.00 bits per heavy atom. The van der Waals surface area contributed by atoms with Crippen molar-refractivity contribution in [3.8, 4) is 5.75 Å². The number of rotatable bonds is 6. The molecule has 18 heavy (non-hydrogen) atoms. The third-order valence-electron chi connectivity index (χ3n) is 3.13. The predicted molar refractivity (Wildman–Crippen MR) is 73.0 cm³/mol. The van der Waals surface area contributed by atoms with Crippen molar-refractivity contribution in [2.24, 2.45) is 0 Å². The van der Waals surface area contributed by atoms with Crippen LogP contribution in [-0.4, -0.2) is 24.4 Å². The summed E-state index contributed by atoms with van der Waals surface area (Å²) in [5.41, 5.74) is 1.77. The van der Waals surface area contributed by atoms with Crippen LogP contribution in [0.25, 0.3) is 0 Å². The van der Waals surface area contributed by atoms with E-state index in [9.17, 15) is 5.11 Å². The maximum absolute atomic E-state index is 9.73. The molecule has 0 spiro atoms. The maximum Gasteiger partial charge on any atom is 0.125 e. The number of benzene rings is 1. The molecule has 1 aromatic carbocycles. The standard InChI is InChI=1S/C15H24O3/c1-11-6-7-14(13(10-11)12(2)16)18-9-8-15(3,4)17-5/h6-7,10,12,16H,8-9H2,1-5H3. The number of aliphatic hydroxyl groups is 1. The summed E-state index contributed by atoms with van der Waals surface area (Å²) < 4.78 is 11.1. The lowest BCUT2D eigenvalue weighted by Gasteiger charge is -2.23. The van der Waals surface area contributed by atoms with E-state index < -0.39 is 6.10 Å². The molecule has 1 unspecified atom stereocenters. The first-order valence-electron chi connectivity index (χ1n) is 6.32. The first-order valence-corrected chi connectivity index (χ1v) is 6.32. The van der Waals surface area contributed by atoms with Crippen LogP contribution < -0.4 is 4.74 Å². The van der Waals surface area contributed by atoms with Crippen molar-refractivity contribution in [1.29, 1.82) is 0 Å². The van der Waals surface area contributed by atoms with Gasteiger partial charge in [0.25, 0.3) is 0 Å². The smallest absolute Gasteiger partial charge is 0.125 e. The summed E-state index contributed by atoms with van der Waals surface area (Å²) in [6.07, 6.45) is 0.284. The van der Waals surface area contributed by atoms with Crippen molar-refractivity contribution >= 4 is 0 Å². The lowest BCUT2D eigenvalue weighted by molar-refractivity contribution is 0.00522. The van der Waals surface area contributed by atoms with Crippen LogP contribution in [0.4, 0.5) is 0 Å². The van der Waals surface area contributed by atoms with Gasteiger partial charge in [-0.2, -0.15) is 0 Å². The molecule has 1 N–H and O–H groups in total. The van der Waals surface area contributed by atoms with Gasteiger partial charge in [0.2, 0.25) is 0 Å². The van der Waals surface area contributed by atoms with Crippen molar-refractivity contribution < 1.29 is 14.6 Å². The van der Waals surface area contributed by atoms with E-state index in [4.69, 9.17) is 9.47 Å². The summed E-state index contributed by atoms with van der Waals surface area (Å²) in [6, 6.07) is 5.86. The minimum Gasteiger partial charge on any atom is -0.493 e. The van der Waals surface area contributed by atoms with Crippen LogP contribution in [-0.2, 0) is 4.74 Å². The third-order valence-corrected chi connectivity index (χ3v) is 3.13. The zero-order chi connectivity index (χ0) is 13.8. The molecule has 1 atom stereocenters. The van der Waals surface area contributed by atoms with Gasteiger partial charge in [-0.1, -0.05) is 11.6 Å². The molecule has 1 rings (SSSR count). The van der Waals surface area contributed by atoms with Gasteiger partial charge in [0.15, 0.2) is 0 Å².